The van der Waals surface area contributed by atoms with Crippen molar-refractivity contribution in [1.29, 1.82) is 0 Å². The van der Waals surface area contributed by atoms with E-state index in [1.165, 1.54) is 11.3 Å². The molecule has 0 bridgehead atoms. The molecule has 0 aromatic carbocycles. The van der Waals surface area contributed by atoms with Gasteiger partial charge >= 0.3 is 0 Å². The van der Waals surface area contributed by atoms with Gasteiger partial charge in [0.15, 0.2) is 0 Å². The molecule has 0 radical (unpaired) electrons. The predicted molar refractivity (Wildman–Crippen MR) is 74.5 cm³/mol. The Bertz CT molecular complexity index is 494. The number of hydrogen-bond donors (Lipinski definition) is 0. The van der Waals surface area contributed by atoms with E-state index in [1.54, 1.807) is 16.0 Å². The van der Waals surface area contributed by atoms with Gasteiger partial charge in [-0.05, 0) is 6.07 Å². The number of piperazine rings is 1. The van der Waals surface area contributed by atoms with Crippen molar-refractivity contribution in [2.45, 2.75) is 5.92 Å². The lowest BCUT2D eigenvalue weighted by Gasteiger charge is -2.40. The van der Waals surface area contributed by atoms with Crippen LogP contribution in [-0.4, -0.2) is 66.9 Å². The molecule has 2 fully saturated rings. The second-order valence-electron chi connectivity index (χ2n) is 5.32. The summed E-state index contributed by atoms with van der Waals surface area (Å²) in [5.74, 6) is 0.382. The van der Waals surface area contributed by atoms with Gasteiger partial charge in [0.2, 0.25) is 12.8 Å². The molecule has 1 aromatic heterocycles. The van der Waals surface area contributed by atoms with Crippen molar-refractivity contribution >= 4 is 18.5 Å². The molecule has 2 aliphatic heterocycles. The zero-order valence-electron chi connectivity index (χ0n) is 11.3. The highest BCUT2D eigenvalue weighted by Gasteiger charge is 2.30. The zero-order valence-corrected chi connectivity index (χ0v) is 11.3. The van der Waals surface area contributed by atoms with E-state index in [0.29, 0.717) is 5.92 Å². The average molecular weight is 274 g/mol. The molecular weight excluding hydrogens is 256 g/mol. The van der Waals surface area contributed by atoms with Crippen molar-refractivity contribution < 1.29 is 9.59 Å². The van der Waals surface area contributed by atoms with Gasteiger partial charge in [-0.3, -0.25) is 14.6 Å². The second kappa shape index (κ2) is 5.48. The van der Waals surface area contributed by atoms with Crippen LogP contribution in [0.15, 0.2) is 18.5 Å². The van der Waals surface area contributed by atoms with Crippen LogP contribution in [0.25, 0.3) is 0 Å². The maximum absolute atomic E-state index is 10.8. The lowest BCUT2D eigenvalue weighted by molar-refractivity contribution is -0.122. The van der Waals surface area contributed by atoms with E-state index in [9.17, 15) is 9.59 Å². The monoisotopic (exact) mass is 274 g/mol. The fourth-order valence-electron chi connectivity index (χ4n) is 2.87. The third kappa shape index (κ3) is 2.33. The number of hydrogen-bond acceptors (Lipinski definition) is 4. The number of amides is 2. The zero-order chi connectivity index (χ0) is 13.9. The third-order valence-electron chi connectivity index (χ3n) is 4.13. The summed E-state index contributed by atoms with van der Waals surface area (Å²) in [7, 11) is 0. The highest BCUT2D eigenvalue weighted by Crippen LogP contribution is 2.33. The molecule has 1 aromatic rings. The van der Waals surface area contributed by atoms with Gasteiger partial charge in [0.1, 0.15) is 0 Å². The summed E-state index contributed by atoms with van der Waals surface area (Å²) in [6.45, 7) is 4.76. The van der Waals surface area contributed by atoms with E-state index in [-0.39, 0.29) is 0 Å². The fraction of sp³-hybridized carbons (Fsp3) is 0.500. The van der Waals surface area contributed by atoms with Crippen LogP contribution < -0.4 is 4.90 Å². The van der Waals surface area contributed by atoms with Crippen molar-refractivity contribution in [2.24, 2.45) is 0 Å². The van der Waals surface area contributed by atoms with Gasteiger partial charge < -0.3 is 14.7 Å². The van der Waals surface area contributed by atoms with E-state index in [0.717, 1.165) is 52.1 Å². The summed E-state index contributed by atoms with van der Waals surface area (Å²) in [5, 5.41) is 0. The van der Waals surface area contributed by atoms with Gasteiger partial charge in [0.25, 0.3) is 0 Å². The van der Waals surface area contributed by atoms with E-state index < -0.39 is 0 Å². The van der Waals surface area contributed by atoms with Crippen LogP contribution in [-0.2, 0) is 9.59 Å². The number of aromatic nitrogens is 1. The first-order valence-corrected chi connectivity index (χ1v) is 6.89. The Labute approximate surface area is 118 Å². The molecule has 20 heavy (non-hydrogen) atoms. The van der Waals surface area contributed by atoms with Gasteiger partial charge in [-0.2, -0.15) is 0 Å². The summed E-state index contributed by atoms with van der Waals surface area (Å²) in [4.78, 5) is 31.5. The molecule has 0 unspecified atom stereocenters. The van der Waals surface area contributed by atoms with Crippen molar-refractivity contribution in [3.8, 4) is 0 Å². The standard InChI is InChI=1S/C14H18N4O2/c19-10-16-3-5-18(6-4-16)14-1-2-15-7-13(14)12-8-17(9-12)11-20/h1-2,7,10-12H,3-6,8-9H2. The molecular formula is C14H18N4O2. The predicted octanol–water partition coefficient (Wildman–Crippen LogP) is -0.0844. The molecule has 6 heteroatoms. The molecule has 0 aliphatic carbocycles. The molecule has 0 N–H and O–H groups in total. The Morgan fingerprint density at radius 3 is 2.40 bits per heavy atom. The summed E-state index contributed by atoms with van der Waals surface area (Å²) in [6.07, 6.45) is 5.53. The average Bonchev–Trinajstić information content (AvgIpc) is 2.47. The van der Waals surface area contributed by atoms with Crippen molar-refractivity contribution in [3.63, 3.8) is 0 Å². The van der Waals surface area contributed by atoms with E-state index >= 15 is 0 Å². The second-order valence-corrected chi connectivity index (χ2v) is 5.32. The normalized spacial score (nSPS) is 19.7. The highest BCUT2D eigenvalue weighted by atomic mass is 16.1. The Balaban J connectivity index is 1.73. The van der Waals surface area contributed by atoms with Gasteiger partial charge in [-0.1, -0.05) is 0 Å². The van der Waals surface area contributed by atoms with Crippen LogP contribution >= 0.6 is 0 Å². The maximum atomic E-state index is 10.8. The Morgan fingerprint density at radius 1 is 1.05 bits per heavy atom. The van der Waals surface area contributed by atoms with Crippen LogP contribution in [0.5, 0.6) is 0 Å². The molecule has 106 valence electrons. The van der Waals surface area contributed by atoms with Crippen LogP contribution in [0.1, 0.15) is 11.5 Å². The minimum atomic E-state index is 0.382. The quantitative estimate of drug-likeness (QED) is 0.720. The largest absolute Gasteiger partial charge is 0.368 e. The smallest absolute Gasteiger partial charge is 0.209 e. The summed E-state index contributed by atoms with van der Waals surface area (Å²) in [6, 6.07) is 2.04. The van der Waals surface area contributed by atoms with Gasteiger partial charge in [0, 0.05) is 68.8 Å². The van der Waals surface area contributed by atoms with Gasteiger partial charge in [-0.15, -0.1) is 0 Å². The van der Waals surface area contributed by atoms with Crippen LogP contribution in [0.2, 0.25) is 0 Å². The lowest BCUT2D eigenvalue weighted by Crippen LogP contribution is -2.47. The molecule has 2 amide bonds. The minimum absolute atomic E-state index is 0.382. The Kier molecular flexibility index (Phi) is 3.54. The van der Waals surface area contributed by atoms with E-state index in [4.69, 9.17) is 0 Å². The van der Waals surface area contributed by atoms with Crippen LogP contribution in [0.3, 0.4) is 0 Å². The van der Waals surface area contributed by atoms with Crippen molar-refractivity contribution in [2.75, 3.05) is 44.2 Å². The molecule has 0 saturated carbocycles. The molecule has 6 nitrogen and oxygen atoms in total. The number of likely N-dealkylation sites (tertiary alicyclic amines) is 1. The molecule has 3 rings (SSSR count). The molecule has 0 spiro atoms. The molecule has 3 heterocycles. The first kappa shape index (κ1) is 12.9. The number of carbonyl (C=O) groups is 2. The Morgan fingerprint density at radius 2 is 1.75 bits per heavy atom. The van der Waals surface area contributed by atoms with Crippen molar-refractivity contribution in [3.05, 3.63) is 24.0 Å². The first-order valence-electron chi connectivity index (χ1n) is 6.89. The van der Waals surface area contributed by atoms with Crippen LogP contribution in [0, 0.1) is 0 Å². The number of anilines is 1. The molecule has 2 aliphatic rings. The fourth-order valence-corrected chi connectivity index (χ4v) is 2.87. The van der Waals surface area contributed by atoms with Crippen molar-refractivity contribution in [1.82, 2.24) is 14.8 Å². The first-order chi connectivity index (χ1) is 9.81. The summed E-state index contributed by atoms with van der Waals surface area (Å²) >= 11 is 0. The number of carbonyl (C=O) groups excluding carboxylic acids is 2. The lowest BCUT2D eigenvalue weighted by atomic mass is 9.91. The highest BCUT2D eigenvalue weighted by molar-refractivity contribution is 5.58. The van der Waals surface area contributed by atoms with Crippen LogP contribution in [0.4, 0.5) is 5.69 Å². The summed E-state index contributed by atoms with van der Waals surface area (Å²) < 4.78 is 0. The van der Waals surface area contributed by atoms with E-state index in [1.807, 2.05) is 12.3 Å². The summed E-state index contributed by atoms with van der Waals surface area (Å²) in [5.41, 5.74) is 2.41. The van der Waals surface area contributed by atoms with Gasteiger partial charge in [-0.25, -0.2) is 0 Å². The molecule has 2 saturated heterocycles. The number of pyridine rings is 1. The topological polar surface area (TPSA) is 56.8 Å². The SMILES string of the molecule is O=CN1CCN(c2ccncc2C2CN(C=O)C2)CC1. The molecule has 0 atom stereocenters. The van der Waals surface area contributed by atoms with Gasteiger partial charge in [0.05, 0.1) is 0 Å². The number of nitrogens with zero attached hydrogens (tertiary/aromatic N) is 4. The van der Waals surface area contributed by atoms with E-state index in [2.05, 4.69) is 9.88 Å². The third-order valence-corrected chi connectivity index (χ3v) is 4.13. The maximum Gasteiger partial charge on any atom is 0.209 e. The Hall–Kier alpha value is -2.11. The minimum Gasteiger partial charge on any atom is -0.368 e. The number of rotatable bonds is 4.